The van der Waals surface area contributed by atoms with E-state index in [9.17, 15) is 0 Å². The highest BCUT2D eigenvalue weighted by molar-refractivity contribution is 5.69. The fourth-order valence-corrected chi connectivity index (χ4v) is 1.75. The summed E-state index contributed by atoms with van der Waals surface area (Å²) in [6, 6.07) is 8.01. The summed E-state index contributed by atoms with van der Waals surface area (Å²) in [6.07, 6.45) is 0. The second-order valence-electron chi connectivity index (χ2n) is 3.54. The lowest BCUT2D eigenvalue weighted by atomic mass is 10.0. The number of aromatic nitrogens is 2. The van der Waals surface area contributed by atoms with Crippen LogP contribution in [0.15, 0.2) is 24.3 Å². The molecule has 0 amide bonds. The number of aryl methyl sites for hydroxylation is 2. The number of benzene rings is 1. The molecule has 0 aliphatic heterocycles. The van der Waals surface area contributed by atoms with E-state index in [1.807, 2.05) is 32.0 Å². The summed E-state index contributed by atoms with van der Waals surface area (Å²) in [5.74, 6) is 0.868. The van der Waals surface area contributed by atoms with Gasteiger partial charge in [0.05, 0.1) is 12.8 Å². The molecule has 0 aliphatic carbocycles. The van der Waals surface area contributed by atoms with Crippen LogP contribution >= 0.6 is 0 Å². The van der Waals surface area contributed by atoms with Crippen LogP contribution in [0, 0.1) is 13.8 Å². The van der Waals surface area contributed by atoms with Crippen molar-refractivity contribution >= 4 is 0 Å². The molecule has 0 spiro atoms. The molecule has 1 aromatic heterocycles. The van der Waals surface area contributed by atoms with Crippen LogP contribution in [0.5, 0.6) is 5.75 Å². The first-order chi connectivity index (χ1) is 7.22. The molecule has 0 saturated heterocycles. The SMILES string of the molecule is COc1cccc(-c2c(C)n[nH]c2C)c1. The second kappa shape index (κ2) is 3.77. The topological polar surface area (TPSA) is 37.9 Å². The Kier molecular flexibility index (Phi) is 2.46. The van der Waals surface area contributed by atoms with E-state index >= 15 is 0 Å². The standard InChI is InChI=1S/C12H14N2O/c1-8-12(9(2)14-13-8)10-5-4-6-11(7-10)15-3/h4-7H,1-3H3,(H,13,14). The molecule has 1 aromatic carbocycles. The van der Waals surface area contributed by atoms with Gasteiger partial charge in [0.25, 0.3) is 0 Å². The predicted octanol–water partition coefficient (Wildman–Crippen LogP) is 2.70. The third kappa shape index (κ3) is 1.73. The molecule has 3 nitrogen and oxygen atoms in total. The zero-order valence-corrected chi connectivity index (χ0v) is 9.16. The zero-order chi connectivity index (χ0) is 10.8. The van der Waals surface area contributed by atoms with Crippen LogP contribution in [0.4, 0.5) is 0 Å². The number of hydrogen-bond acceptors (Lipinski definition) is 2. The fourth-order valence-electron chi connectivity index (χ4n) is 1.75. The zero-order valence-electron chi connectivity index (χ0n) is 9.16. The largest absolute Gasteiger partial charge is 0.497 e. The highest BCUT2D eigenvalue weighted by atomic mass is 16.5. The van der Waals surface area contributed by atoms with Gasteiger partial charge in [-0.15, -0.1) is 0 Å². The van der Waals surface area contributed by atoms with Crippen molar-refractivity contribution in [2.24, 2.45) is 0 Å². The van der Waals surface area contributed by atoms with Crippen LogP contribution in [0.1, 0.15) is 11.4 Å². The first-order valence-corrected chi connectivity index (χ1v) is 4.88. The third-order valence-electron chi connectivity index (χ3n) is 2.49. The lowest BCUT2D eigenvalue weighted by Gasteiger charge is -2.04. The molecule has 2 aromatic rings. The van der Waals surface area contributed by atoms with Crippen molar-refractivity contribution in [1.29, 1.82) is 0 Å². The van der Waals surface area contributed by atoms with Gasteiger partial charge in [0.1, 0.15) is 5.75 Å². The highest BCUT2D eigenvalue weighted by Crippen LogP contribution is 2.27. The minimum Gasteiger partial charge on any atom is -0.497 e. The van der Waals surface area contributed by atoms with Crippen molar-refractivity contribution in [3.05, 3.63) is 35.7 Å². The number of aromatic amines is 1. The van der Waals surface area contributed by atoms with Crippen molar-refractivity contribution in [2.75, 3.05) is 7.11 Å². The summed E-state index contributed by atoms with van der Waals surface area (Å²) in [6.45, 7) is 4.02. The maximum atomic E-state index is 5.20. The average molecular weight is 202 g/mol. The van der Waals surface area contributed by atoms with Gasteiger partial charge < -0.3 is 4.74 Å². The monoisotopic (exact) mass is 202 g/mol. The van der Waals surface area contributed by atoms with Crippen LogP contribution < -0.4 is 4.74 Å². The van der Waals surface area contributed by atoms with Crippen LogP contribution in [0.25, 0.3) is 11.1 Å². The number of hydrogen-bond donors (Lipinski definition) is 1. The summed E-state index contributed by atoms with van der Waals surface area (Å²) in [7, 11) is 1.67. The quantitative estimate of drug-likeness (QED) is 0.813. The molecule has 3 heteroatoms. The first-order valence-electron chi connectivity index (χ1n) is 4.88. The van der Waals surface area contributed by atoms with E-state index in [1.54, 1.807) is 7.11 Å². The Balaban J connectivity index is 2.53. The summed E-state index contributed by atoms with van der Waals surface area (Å²) >= 11 is 0. The van der Waals surface area contributed by atoms with Crippen LogP contribution in [-0.4, -0.2) is 17.3 Å². The maximum absolute atomic E-state index is 5.20. The Labute approximate surface area is 89.1 Å². The van der Waals surface area contributed by atoms with Gasteiger partial charge in [-0.3, -0.25) is 5.10 Å². The molecule has 2 rings (SSSR count). The Morgan fingerprint density at radius 2 is 2.07 bits per heavy atom. The number of nitrogens with one attached hydrogen (secondary N) is 1. The van der Waals surface area contributed by atoms with Gasteiger partial charge in [-0.2, -0.15) is 5.10 Å². The predicted molar refractivity (Wildman–Crippen MR) is 60.0 cm³/mol. The van der Waals surface area contributed by atoms with Gasteiger partial charge >= 0.3 is 0 Å². The molecule has 0 aliphatic rings. The second-order valence-corrected chi connectivity index (χ2v) is 3.54. The molecule has 15 heavy (non-hydrogen) atoms. The summed E-state index contributed by atoms with van der Waals surface area (Å²) in [5, 5.41) is 7.16. The Morgan fingerprint density at radius 1 is 1.27 bits per heavy atom. The molecule has 0 unspecified atom stereocenters. The van der Waals surface area contributed by atoms with E-state index in [2.05, 4.69) is 16.3 Å². The van der Waals surface area contributed by atoms with Gasteiger partial charge in [-0.05, 0) is 31.5 Å². The molecule has 1 heterocycles. The van der Waals surface area contributed by atoms with Crippen LogP contribution in [0.3, 0.4) is 0 Å². The van der Waals surface area contributed by atoms with E-state index in [0.717, 1.165) is 28.3 Å². The molecule has 0 bridgehead atoms. The molecule has 0 radical (unpaired) electrons. The van der Waals surface area contributed by atoms with Gasteiger partial charge in [-0.25, -0.2) is 0 Å². The van der Waals surface area contributed by atoms with Gasteiger partial charge in [0, 0.05) is 11.3 Å². The van der Waals surface area contributed by atoms with E-state index in [1.165, 1.54) is 0 Å². The number of methoxy groups -OCH3 is 1. The molecule has 1 N–H and O–H groups in total. The molecule has 78 valence electrons. The Morgan fingerprint density at radius 3 is 2.67 bits per heavy atom. The minimum absolute atomic E-state index is 0.868. The van der Waals surface area contributed by atoms with E-state index in [0.29, 0.717) is 0 Å². The highest BCUT2D eigenvalue weighted by Gasteiger charge is 2.08. The smallest absolute Gasteiger partial charge is 0.119 e. The maximum Gasteiger partial charge on any atom is 0.119 e. The summed E-state index contributed by atoms with van der Waals surface area (Å²) in [5.41, 5.74) is 4.40. The minimum atomic E-state index is 0.868. The van der Waals surface area contributed by atoms with Gasteiger partial charge in [-0.1, -0.05) is 12.1 Å². The Bertz CT molecular complexity index is 455. The van der Waals surface area contributed by atoms with Crippen LogP contribution in [-0.2, 0) is 0 Å². The number of H-pyrrole nitrogens is 1. The van der Waals surface area contributed by atoms with E-state index in [-0.39, 0.29) is 0 Å². The molecular formula is C12H14N2O. The van der Waals surface area contributed by atoms with Crippen LogP contribution in [0.2, 0.25) is 0 Å². The number of rotatable bonds is 2. The molecule has 0 atom stereocenters. The van der Waals surface area contributed by atoms with Crippen molar-refractivity contribution < 1.29 is 4.74 Å². The molecule has 0 fully saturated rings. The van der Waals surface area contributed by atoms with E-state index in [4.69, 9.17) is 4.74 Å². The fraction of sp³-hybridized carbons (Fsp3) is 0.250. The van der Waals surface area contributed by atoms with Crippen molar-refractivity contribution in [3.63, 3.8) is 0 Å². The average Bonchev–Trinajstić information content (AvgIpc) is 2.59. The third-order valence-corrected chi connectivity index (χ3v) is 2.49. The normalized spacial score (nSPS) is 10.3. The molecular weight excluding hydrogens is 188 g/mol. The summed E-state index contributed by atoms with van der Waals surface area (Å²) in [4.78, 5) is 0. The number of ether oxygens (including phenoxy) is 1. The van der Waals surface area contributed by atoms with Crippen molar-refractivity contribution in [3.8, 4) is 16.9 Å². The van der Waals surface area contributed by atoms with Crippen molar-refractivity contribution in [2.45, 2.75) is 13.8 Å². The van der Waals surface area contributed by atoms with Gasteiger partial charge in [0.15, 0.2) is 0 Å². The Hall–Kier alpha value is -1.77. The van der Waals surface area contributed by atoms with E-state index < -0.39 is 0 Å². The summed E-state index contributed by atoms with van der Waals surface area (Å²) < 4.78 is 5.20. The van der Waals surface area contributed by atoms with Gasteiger partial charge in [0.2, 0.25) is 0 Å². The first kappa shape index (κ1) is 9.77. The molecule has 0 saturated carbocycles. The van der Waals surface area contributed by atoms with Crippen molar-refractivity contribution in [1.82, 2.24) is 10.2 Å². The number of nitrogens with zero attached hydrogens (tertiary/aromatic N) is 1. The lowest BCUT2D eigenvalue weighted by Crippen LogP contribution is -1.85. The lowest BCUT2D eigenvalue weighted by molar-refractivity contribution is 0.415.